The highest BCUT2D eigenvalue weighted by molar-refractivity contribution is 5.81. The van der Waals surface area contributed by atoms with Crippen LogP contribution in [0.2, 0.25) is 0 Å². The minimum atomic E-state index is -0.0392. The van der Waals surface area contributed by atoms with Crippen molar-refractivity contribution in [3.63, 3.8) is 0 Å². The third kappa shape index (κ3) is 3.64. The van der Waals surface area contributed by atoms with Crippen molar-refractivity contribution in [3.8, 4) is 0 Å². The molecule has 2 N–H and O–H groups in total. The Kier molecular flexibility index (Phi) is 4.90. The Morgan fingerprint density at radius 1 is 1.64 bits per heavy atom. The maximum atomic E-state index is 11.5. The Morgan fingerprint density at radius 2 is 2.43 bits per heavy atom. The molecule has 4 nitrogen and oxygen atoms in total. The maximum absolute atomic E-state index is 11.5. The first kappa shape index (κ1) is 11.5. The topological polar surface area (TPSA) is 50.4 Å². The summed E-state index contributed by atoms with van der Waals surface area (Å²) >= 11 is 0. The number of carbonyl (C=O) groups excluding carboxylic acids is 1. The van der Waals surface area contributed by atoms with Crippen molar-refractivity contribution in [3.05, 3.63) is 0 Å². The number of nitrogens with one attached hydrogen (secondary N) is 2. The van der Waals surface area contributed by atoms with Crippen LogP contribution in [-0.4, -0.2) is 38.3 Å². The minimum Gasteiger partial charge on any atom is -0.383 e. The summed E-state index contributed by atoms with van der Waals surface area (Å²) in [4.78, 5) is 11.5. The summed E-state index contributed by atoms with van der Waals surface area (Å²) in [7, 11) is 1.67. The van der Waals surface area contributed by atoms with Gasteiger partial charge in [0.2, 0.25) is 5.91 Å². The molecule has 1 rings (SSSR count). The molecule has 0 bridgehead atoms. The van der Waals surface area contributed by atoms with E-state index < -0.39 is 0 Å². The minimum absolute atomic E-state index is 0.0392. The standard InChI is InChI=1S/C10H20N2O2/c1-8(7-14-2)12-9-5-3-4-6-11-10(9)13/h8-9,12H,3-7H2,1-2H3,(H,11,13). The van der Waals surface area contributed by atoms with Gasteiger partial charge in [-0.05, 0) is 26.2 Å². The van der Waals surface area contributed by atoms with Crippen molar-refractivity contribution in [1.29, 1.82) is 0 Å². The van der Waals surface area contributed by atoms with Crippen LogP contribution in [0, 0.1) is 0 Å². The van der Waals surface area contributed by atoms with Crippen LogP contribution < -0.4 is 10.6 Å². The van der Waals surface area contributed by atoms with Crippen LogP contribution in [0.4, 0.5) is 0 Å². The van der Waals surface area contributed by atoms with Crippen molar-refractivity contribution in [2.45, 2.75) is 38.3 Å². The molecule has 0 aromatic carbocycles. The summed E-state index contributed by atoms with van der Waals surface area (Å²) in [5, 5.41) is 6.17. The quantitative estimate of drug-likeness (QED) is 0.685. The Bertz CT molecular complexity index is 185. The van der Waals surface area contributed by atoms with Crippen LogP contribution in [0.1, 0.15) is 26.2 Å². The second-order valence-electron chi connectivity index (χ2n) is 3.86. The van der Waals surface area contributed by atoms with Crippen molar-refractivity contribution < 1.29 is 9.53 Å². The zero-order chi connectivity index (χ0) is 10.4. The molecule has 2 atom stereocenters. The summed E-state index contributed by atoms with van der Waals surface area (Å²) in [5.41, 5.74) is 0. The van der Waals surface area contributed by atoms with E-state index in [1.54, 1.807) is 7.11 Å². The fraction of sp³-hybridized carbons (Fsp3) is 0.900. The van der Waals surface area contributed by atoms with E-state index in [0.717, 1.165) is 25.8 Å². The normalized spacial score (nSPS) is 25.3. The van der Waals surface area contributed by atoms with Gasteiger partial charge in [-0.2, -0.15) is 0 Å². The van der Waals surface area contributed by atoms with Gasteiger partial charge in [0, 0.05) is 19.7 Å². The van der Waals surface area contributed by atoms with E-state index in [2.05, 4.69) is 10.6 Å². The highest BCUT2D eigenvalue weighted by Gasteiger charge is 2.21. The molecule has 1 aliphatic heterocycles. The van der Waals surface area contributed by atoms with E-state index in [1.165, 1.54) is 0 Å². The van der Waals surface area contributed by atoms with Crippen LogP contribution in [0.5, 0.6) is 0 Å². The predicted molar refractivity (Wildman–Crippen MR) is 55.1 cm³/mol. The fourth-order valence-corrected chi connectivity index (χ4v) is 1.74. The smallest absolute Gasteiger partial charge is 0.237 e. The zero-order valence-corrected chi connectivity index (χ0v) is 9.01. The number of hydrogen-bond donors (Lipinski definition) is 2. The molecule has 0 radical (unpaired) electrons. The lowest BCUT2D eigenvalue weighted by Crippen LogP contribution is -2.47. The summed E-state index contributed by atoms with van der Waals surface area (Å²) in [6, 6.07) is 0.191. The van der Waals surface area contributed by atoms with Crippen LogP contribution >= 0.6 is 0 Å². The molecular formula is C10H20N2O2. The van der Waals surface area contributed by atoms with E-state index in [9.17, 15) is 4.79 Å². The first-order valence-corrected chi connectivity index (χ1v) is 5.26. The van der Waals surface area contributed by atoms with E-state index in [1.807, 2.05) is 6.92 Å². The van der Waals surface area contributed by atoms with Gasteiger partial charge in [0.05, 0.1) is 12.6 Å². The molecule has 1 saturated heterocycles. The molecule has 4 heteroatoms. The molecule has 1 aliphatic rings. The zero-order valence-electron chi connectivity index (χ0n) is 9.01. The molecule has 2 unspecified atom stereocenters. The second-order valence-corrected chi connectivity index (χ2v) is 3.86. The highest BCUT2D eigenvalue weighted by atomic mass is 16.5. The number of ether oxygens (including phenoxy) is 1. The lowest BCUT2D eigenvalue weighted by Gasteiger charge is -2.20. The van der Waals surface area contributed by atoms with E-state index >= 15 is 0 Å². The average molecular weight is 200 g/mol. The number of amides is 1. The Morgan fingerprint density at radius 3 is 3.14 bits per heavy atom. The molecule has 0 aromatic rings. The van der Waals surface area contributed by atoms with Gasteiger partial charge in [-0.15, -0.1) is 0 Å². The molecule has 0 aromatic heterocycles. The van der Waals surface area contributed by atoms with Crippen LogP contribution in [0.25, 0.3) is 0 Å². The summed E-state index contributed by atoms with van der Waals surface area (Å²) in [6.07, 6.45) is 3.12. The van der Waals surface area contributed by atoms with Gasteiger partial charge >= 0.3 is 0 Å². The maximum Gasteiger partial charge on any atom is 0.237 e. The molecule has 82 valence electrons. The number of hydrogen-bond acceptors (Lipinski definition) is 3. The molecule has 1 fully saturated rings. The lowest BCUT2D eigenvalue weighted by molar-refractivity contribution is -0.123. The summed E-state index contributed by atoms with van der Waals surface area (Å²) in [6.45, 7) is 3.49. The van der Waals surface area contributed by atoms with Crippen LogP contribution in [-0.2, 0) is 9.53 Å². The molecule has 0 spiro atoms. The van der Waals surface area contributed by atoms with Crippen LogP contribution in [0.15, 0.2) is 0 Å². The summed E-state index contributed by atoms with van der Waals surface area (Å²) < 4.78 is 5.02. The molecule has 0 saturated carbocycles. The molecular weight excluding hydrogens is 180 g/mol. The summed E-state index contributed by atoms with van der Waals surface area (Å²) in [5.74, 6) is 0.130. The number of rotatable bonds is 4. The average Bonchev–Trinajstić information content (AvgIpc) is 2.33. The first-order chi connectivity index (χ1) is 6.74. The molecule has 14 heavy (non-hydrogen) atoms. The molecule has 1 amide bonds. The van der Waals surface area contributed by atoms with E-state index in [-0.39, 0.29) is 18.0 Å². The fourth-order valence-electron chi connectivity index (χ4n) is 1.74. The van der Waals surface area contributed by atoms with Crippen molar-refractivity contribution in [1.82, 2.24) is 10.6 Å². The van der Waals surface area contributed by atoms with Gasteiger partial charge in [0.25, 0.3) is 0 Å². The monoisotopic (exact) mass is 200 g/mol. The SMILES string of the molecule is COCC(C)NC1CCCCNC1=O. The van der Waals surface area contributed by atoms with Crippen molar-refractivity contribution in [2.24, 2.45) is 0 Å². The predicted octanol–water partition coefficient (Wildman–Crippen LogP) is 0.280. The van der Waals surface area contributed by atoms with Crippen molar-refractivity contribution in [2.75, 3.05) is 20.3 Å². The third-order valence-electron chi connectivity index (χ3n) is 2.44. The Labute approximate surface area is 85.4 Å². The van der Waals surface area contributed by atoms with Crippen LogP contribution in [0.3, 0.4) is 0 Å². The van der Waals surface area contributed by atoms with Gasteiger partial charge in [0.15, 0.2) is 0 Å². The van der Waals surface area contributed by atoms with E-state index in [4.69, 9.17) is 4.74 Å². The van der Waals surface area contributed by atoms with Gasteiger partial charge in [-0.25, -0.2) is 0 Å². The van der Waals surface area contributed by atoms with Gasteiger partial charge in [-0.1, -0.05) is 0 Å². The van der Waals surface area contributed by atoms with Gasteiger partial charge < -0.3 is 15.4 Å². The van der Waals surface area contributed by atoms with Gasteiger partial charge in [-0.3, -0.25) is 4.79 Å². The Hall–Kier alpha value is -0.610. The molecule has 1 heterocycles. The highest BCUT2D eigenvalue weighted by Crippen LogP contribution is 2.06. The lowest BCUT2D eigenvalue weighted by atomic mass is 10.1. The van der Waals surface area contributed by atoms with E-state index in [0.29, 0.717) is 6.61 Å². The first-order valence-electron chi connectivity index (χ1n) is 5.26. The van der Waals surface area contributed by atoms with Gasteiger partial charge in [0.1, 0.15) is 0 Å². The largest absolute Gasteiger partial charge is 0.383 e. The second kappa shape index (κ2) is 5.98. The van der Waals surface area contributed by atoms with Crippen molar-refractivity contribution >= 4 is 5.91 Å². The third-order valence-corrected chi connectivity index (χ3v) is 2.44. The Balaban J connectivity index is 2.36. The number of carbonyl (C=O) groups is 1. The molecule has 0 aliphatic carbocycles. The number of methoxy groups -OCH3 is 1.